The summed E-state index contributed by atoms with van der Waals surface area (Å²) in [5, 5.41) is 5.14. The highest BCUT2D eigenvalue weighted by molar-refractivity contribution is 7.91. The minimum atomic E-state index is -3.80. The molecule has 1 aromatic carbocycles. The van der Waals surface area contributed by atoms with Gasteiger partial charge in [0.1, 0.15) is 10.3 Å². The lowest BCUT2D eigenvalue weighted by atomic mass is 10.0. The van der Waals surface area contributed by atoms with Gasteiger partial charge in [0, 0.05) is 32.1 Å². The molecule has 0 fully saturated rings. The number of amides is 2. The van der Waals surface area contributed by atoms with E-state index >= 15 is 0 Å². The van der Waals surface area contributed by atoms with E-state index in [-0.39, 0.29) is 36.0 Å². The molecule has 0 radical (unpaired) electrons. The Hall–Kier alpha value is -3.41. The molecule has 3 N–H and O–H groups in total. The number of benzene rings is 1. The summed E-state index contributed by atoms with van der Waals surface area (Å²) in [6.45, 7) is 3.79. The number of aromatic nitrogens is 1. The number of thiophene rings is 1. The summed E-state index contributed by atoms with van der Waals surface area (Å²) in [7, 11) is -3.80. The molecular weight excluding hydrogens is 524 g/mol. The summed E-state index contributed by atoms with van der Waals surface area (Å²) in [4.78, 5) is 42.8. The Balaban J connectivity index is 1.54. The van der Waals surface area contributed by atoms with E-state index < -0.39 is 27.8 Å². The predicted octanol–water partition coefficient (Wildman–Crippen LogP) is 2.94. The van der Waals surface area contributed by atoms with Crippen molar-refractivity contribution >= 4 is 39.0 Å². The zero-order valence-electron chi connectivity index (χ0n) is 21.3. The van der Waals surface area contributed by atoms with Crippen LogP contribution in [0.5, 0.6) is 0 Å². The van der Waals surface area contributed by atoms with Crippen molar-refractivity contribution in [3.05, 3.63) is 72.4 Å². The van der Waals surface area contributed by atoms with Crippen LogP contribution in [0.25, 0.3) is 10.6 Å². The molecule has 2 amide bonds. The quantitative estimate of drug-likeness (QED) is 0.206. The fourth-order valence-corrected chi connectivity index (χ4v) is 5.89. The Kier molecular flexibility index (Phi) is 10.7. The van der Waals surface area contributed by atoms with Crippen LogP contribution < -0.4 is 15.4 Å². The van der Waals surface area contributed by atoms with Gasteiger partial charge in [0.25, 0.3) is 5.91 Å². The Morgan fingerprint density at radius 3 is 2.37 bits per heavy atom. The van der Waals surface area contributed by atoms with Gasteiger partial charge in [-0.3, -0.25) is 19.4 Å². The smallest absolute Gasteiger partial charge is 0.289 e. The number of carbonyl (C=O) groups is 3. The molecule has 0 unspecified atom stereocenters. The first-order chi connectivity index (χ1) is 18.2. The minimum Gasteiger partial charge on any atom is -0.348 e. The molecule has 1 atom stereocenters. The van der Waals surface area contributed by atoms with Gasteiger partial charge < -0.3 is 10.6 Å². The van der Waals surface area contributed by atoms with E-state index in [9.17, 15) is 22.8 Å². The predicted molar refractivity (Wildman–Crippen MR) is 147 cm³/mol. The van der Waals surface area contributed by atoms with Crippen molar-refractivity contribution in [2.45, 2.75) is 43.4 Å². The molecule has 202 valence electrons. The molecule has 38 heavy (non-hydrogen) atoms. The van der Waals surface area contributed by atoms with Crippen molar-refractivity contribution in [1.82, 2.24) is 20.3 Å². The Bertz CT molecular complexity index is 1330. The number of pyridine rings is 1. The van der Waals surface area contributed by atoms with Crippen molar-refractivity contribution in [3.8, 4) is 10.6 Å². The lowest BCUT2D eigenvalue weighted by molar-refractivity contribution is -0.140. The van der Waals surface area contributed by atoms with Crippen LogP contribution in [0, 0.1) is 5.92 Å². The van der Waals surface area contributed by atoms with Crippen molar-refractivity contribution < 1.29 is 22.8 Å². The highest BCUT2D eigenvalue weighted by Crippen LogP contribution is 2.29. The molecule has 0 aliphatic rings. The van der Waals surface area contributed by atoms with Gasteiger partial charge in [-0.15, -0.1) is 11.3 Å². The summed E-state index contributed by atoms with van der Waals surface area (Å²) in [6.07, 6.45) is 2.72. The summed E-state index contributed by atoms with van der Waals surface area (Å²) >= 11 is 1.08. The van der Waals surface area contributed by atoms with Gasteiger partial charge in [-0.05, 0) is 42.2 Å². The molecule has 2 heterocycles. The maximum Gasteiger partial charge on any atom is 0.289 e. The van der Waals surface area contributed by atoms with Crippen LogP contribution in [-0.4, -0.2) is 50.1 Å². The standard InChI is InChI=1S/C27H32N4O5S2/c1-19(2)11-13-24(32)31-22(18-20-8-4-3-5-9-20)26(33)27(34)29-16-17-30-38(35,36)25-14-12-23(37-25)21-10-6-7-15-28-21/h3-10,12,14-15,19,22,30H,11,13,16-18H2,1-2H3,(H,29,34)(H,31,32)/t22-/m0/s1. The Morgan fingerprint density at radius 2 is 1.68 bits per heavy atom. The second kappa shape index (κ2) is 13.9. The maximum atomic E-state index is 12.9. The van der Waals surface area contributed by atoms with Crippen LogP contribution in [-0.2, 0) is 30.8 Å². The summed E-state index contributed by atoms with van der Waals surface area (Å²) < 4.78 is 27.8. The van der Waals surface area contributed by atoms with Crippen LogP contribution >= 0.6 is 11.3 Å². The SMILES string of the molecule is CC(C)CCC(=O)N[C@@H](Cc1ccccc1)C(=O)C(=O)NCCNS(=O)(=O)c1ccc(-c2ccccn2)s1. The number of carbonyl (C=O) groups excluding carboxylic acids is 3. The van der Waals surface area contributed by atoms with E-state index in [4.69, 9.17) is 0 Å². The van der Waals surface area contributed by atoms with Crippen LogP contribution in [0.15, 0.2) is 71.1 Å². The van der Waals surface area contributed by atoms with Gasteiger partial charge >= 0.3 is 0 Å². The molecule has 0 bridgehead atoms. The minimum absolute atomic E-state index is 0.0956. The average molecular weight is 557 g/mol. The molecule has 3 rings (SSSR count). The summed E-state index contributed by atoms with van der Waals surface area (Å²) in [5.74, 6) is -1.64. The summed E-state index contributed by atoms with van der Waals surface area (Å²) in [5.41, 5.74) is 1.47. The van der Waals surface area contributed by atoms with Gasteiger partial charge in [0.2, 0.25) is 21.7 Å². The normalized spacial score (nSPS) is 12.2. The topological polar surface area (TPSA) is 134 Å². The second-order valence-electron chi connectivity index (χ2n) is 9.09. The fraction of sp³-hybridized carbons (Fsp3) is 0.333. The fourth-order valence-electron chi connectivity index (χ4n) is 3.53. The van der Waals surface area contributed by atoms with Crippen LogP contribution in [0.1, 0.15) is 32.3 Å². The monoisotopic (exact) mass is 556 g/mol. The molecule has 11 heteroatoms. The van der Waals surface area contributed by atoms with Crippen molar-refractivity contribution in [2.75, 3.05) is 13.1 Å². The third kappa shape index (κ3) is 8.86. The lowest BCUT2D eigenvalue weighted by Gasteiger charge is -2.18. The van der Waals surface area contributed by atoms with E-state index in [1.54, 1.807) is 24.4 Å². The first-order valence-electron chi connectivity index (χ1n) is 12.3. The van der Waals surface area contributed by atoms with E-state index in [1.807, 2.05) is 50.2 Å². The third-order valence-corrected chi connectivity index (χ3v) is 8.63. The van der Waals surface area contributed by atoms with Gasteiger partial charge in [0.05, 0.1) is 10.6 Å². The molecule has 2 aromatic heterocycles. The van der Waals surface area contributed by atoms with Crippen LogP contribution in [0.2, 0.25) is 0 Å². The molecule has 9 nitrogen and oxygen atoms in total. The third-order valence-electron chi connectivity index (χ3n) is 5.57. The molecule has 0 aliphatic heterocycles. The number of ketones is 1. The van der Waals surface area contributed by atoms with Crippen molar-refractivity contribution in [2.24, 2.45) is 5.92 Å². The number of nitrogens with zero attached hydrogens (tertiary/aromatic N) is 1. The van der Waals surface area contributed by atoms with Gasteiger partial charge in [-0.2, -0.15) is 0 Å². The largest absolute Gasteiger partial charge is 0.348 e. The average Bonchev–Trinajstić information content (AvgIpc) is 3.42. The van der Waals surface area contributed by atoms with Gasteiger partial charge in [-0.25, -0.2) is 13.1 Å². The zero-order chi connectivity index (χ0) is 27.5. The molecule has 0 saturated carbocycles. The van der Waals surface area contributed by atoms with E-state index in [2.05, 4.69) is 20.3 Å². The number of hydrogen-bond acceptors (Lipinski definition) is 7. The maximum absolute atomic E-state index is 12.9. The van der Waals surface area contributed by atoms with E-state index in [0.29, 0.717) is 22.9 Å². The Labute approximate surface area is 227 Å². The van der Waals surface area contributed by atoms with E-state index in [1.165, 1.54) is 6.07 Å². The number of nitrogens with one attached hydrogen (secondary N) is 3. The molecular formula is C27H32N4O5S2. The number of Topliss-reactive ketones (excluding diaryl/α,β-unsaturated/α-hetero) is 1. The van der Waals surface area contributed by atoms with Crippen LogP contribution in [0.3, 0.4) is 0 Å². The van der Waals surface area contributed by atoms with Crippen LogP contribution in [0.4, 0.5) is 0 Å². The van der Waals surface area contributed by atoms with Crippen molar-refractivity contribution in [3.63, 3.8) is 0 Å². The molecule has 3 aromatic rings. The molecule has 0 aliphatic carbocycles. The van der Waals surface area contributed by atoms with Gasteiger partial charge in [0.15, 0.2) is 0 Å². The highest BCUT2D eigenvalue weighted by atomic mass is 32.2. The number of hydrogen-bond donors (Lipinski definition) is 3. The van der Waals surface area contributed by atoms with Gasteiger partial charge in [-0.1, -0.05) is 50.2 Å². The number of sulfonamides is 1. The highest BCUT2D eigenvalue weighted by Gasteiger charge is 2.27. The summed E-state index contributed by atoms with van der Waals surface area (Å²) in [6, 6.07) is 16.6. The second-order valence-corrected chi connectivity index (χ2v) is 12.2. The Morgan fingerprint density at radius 1 is 0.947 bits per heavy atom. The first-order valence-corrected chi connectivity index (χ1v) is 14.6. The molecule has 0 saturated heterocycles. The first kappa shape index (κ1) is 29.2. The number of rotatable bonds is 14. The zero-order valence-corrected chi connectivity index (χ0v) is 23.0. The van der Waals surface area contributed by atoms with E-state index in [0.717, 1.165) is 16.9 Å². The van der Waals surface area contributed by atoms with Crippen molar-refractivity contribution in [1.29, 1.82) is 0 Å². The molecule has 0 spiro atoms. The lowest BCUT2D eigenvalue weighted by Crippen LogP contribution is -2.49.